The number of carbonyl (C=O) groups is 2. The van der Waals surface area contributed by atoms with E-state index in [-0.39, 0.29) is 5.91 Å². The Balaban J connectivity index is 1.76. The molecule has 150 valence electrons. The molecule has 2 amide bonds. The molecule has 0 N–H and O–H groups in total. The summed E-state index contributed by atoms with van der Waals surface area (Å²) in [5.41, 5.74) is 1.70. The lowest BCUT2D eigenvalue weighted by Gasteiger charge is -2.36. The van der Waals surface area contributed by atoms with E-state index >= 15 is 0 Å². The van der Waals surface area contributed by atoms with E-state index in [0.717, 1.165) is 19.6 Å². The van der Waals surface area contributed by atoms with E-state index in [1.807, 2.05) is 4.90 Å². The van der Waals surface area contributed by atoms with Crippen LogP contribution in [-0.2, 0) is 9.59 Å². The predicted octanol–water partition coefficient (Wildman–Crippen LogP) is 3.40. The normalized spacial score (nSPS) is 18.2. The number of amides is 2. The smallest absolute Gasteiger partial charge is 0.282 e. The van der Waals surface area contributed by atoms with Gasteiger partial charge in [0.1, 0.15) is 11.5 Å². The maximum Gasteiger partial charge on any atom is 0.282 e. The molecule has 2 aliphatic heterocycles. The van der Waals surface area contributed by atoms with E-state index < -0.39 is 11.7 Å². The third kappa shape index (κ3) is 3.66. The van der Waals surface area contributed by atoms with Crippen molar-refractivity contribution in [2.45, 2.75) is 6.92 Å². The molecule has 29 heavy (non-hydrogen) atoms. The third-order valence-electron chi connectivity index (χ3n) is 5.41. The van der Waals surface area contributed by atoms with Crippen molar-refractivity contribution in [3.05, 3.63) is 70.6 Å². The van der Waals surface area contributed by atoms with Gasteiger partial charge >= 0.3 is 0 Å². The highest BCUT2D eigenvalue weighted by molar-refractivity contribution is 6.45. The van der Waals surface area contributed by atoms with E-state index in [1.54, 1.807) is 36.4 Å². The van der Waals surface area contributed by atoms with Crippen molar-refractivity contribution in [3.63, 3.8) is 0 Å². The maximum atomic E-state index is 13.5. The monoisotopic (exact) mass is 413 g/mol. The van der Waals surface area contributed by atoms with Gasteiger partial charge in [0.2, 0.25) is 0 Å². The van der Waals surface area contributed by atoms with Crippen LogP contribution in [0.1, 0.15) is 12.5 Å². The number of benzene rings is 2. The van der Waals surface area contributed by atoms with Crippen LogP contribution < -0.4 is 4.90 Å². The molecule has 0 aromatic heterocycles. The number of imide groups is 1. The fourth-order valence-corrected chi connectivity index (χ4v) is 3.93. The number of piperazine rings is 1. The second-order valence-corrected chi connectivity index (χ2v) is 7.51. The second kappa shape index (κ2) is 7.97. The van der Waals surface area contributed by atoms with Gasteiger partial charge in [-0.05, 0) is 48.5 Å². The standard InChI is InChI=1S/C22H21ClFN3O2/c1-2-25-11-13-26(14-12-25)20-19(15-3-7-17(24)8-4-15)21(28)27(22(20)29)18-9-5-16(23)6-10-18/h3-10H,2,11-14H2,1H3. The minimum absolute atomic E-state index is 0.315. The van der Waals surface area contributed by atoms with Crippen LogP contribution in [0.3, 0.4) is 0 Å². The summed E-state index contributed by atoms with van der Waals surface area (Å²) in [7, 11) is 0. The Bertz CT molecular complexity index is 965. The maximum absolute atomic E-state index is 13.5. The van der Waals surface area contributed by atoms with E-state index in [2.05, 4.69) is 11.8 Å². The van der Waals surface area contributed by atoms with Gasteiger partial charge in [0.25, 0.3) is 11.8 Å². The van der Waals surface area contributed by atoms with Gasteiger partial charge in [-0.2, -0.15) is 0 Å². The first-order valence-corrected chi connectivity index (χ1v) is 9.99. The van der Waals surface area contributed by atoms with Gasteiger partial charge in [-0.1, -0.05) is 30.7 Å². The summed E-state index contributed by atoms with van der Waals surface area (Å²) < 4.78 is 13.5. The molecule has 0 atom stereocenters. The Hall–Kier alpha value is -2.70. The van der Waals surface area contributed by atoms with Gasteiger partial charge in [0.15, 0.2) is 0 Å². The van der Waals surface area contributed by atoms with Gasteiger partial charge < -0.3 is 9.80 Å². The number of rotatable bonds is 4. The molecule has 0 unspecified atom stereocenters. The zero-order valence-electron chi connectivity index (χ0n) is 16.1. The van der Waals surface area contributed by atoms with Crippen LogP contribution in [-0.4, -0.2) is 54.3 Å². The molecule has 0 radical (unpaired) electrons. The highest BCUT2D eigenvalue weighted by Crippen LogP contribution is 2.35. The van der Waals surface area contributed by atoms with Crippen molar-refractivity contribution in [1.82, 2.24) is 9.80 Å². The average molecular weight is 414 g/mol. The zero-order chi connectivity index (χ0) is 20.5. The van der Waals surface area contributed by atoms with Crippen LogP contribution >= 0.6 is 11.6 Å². The largest absolute Gasteiger partial charge is 0.364 e. The number of anilines is 1. The molecule has 1 saturated heterocycles. The molecule has 5 nitrogen and oxygen atoms in total. The van der Waals surface area contributed by atoms with E-state index in [0.29, 0.717) is 40.6 Å². The van der Waals surface area contributed by atoms with Crippen molar-refractivity contribution in [2.24, 2.45) is 0 Å². The molecule has 0 saturated carbocycles. The van der Waals surface area contributed by atoms with Crippen molar-refractivity contribution in [1.29, 1.82) is 0 Å². The quantitative estimate of drug-likeness (QED) is 0.720. The molecule has 7 heteroatoms. The number of likely N-dealkylation sites (N-methyl/N-ethyl adjacent to an activating group) is 1. The van der Waals surface area contributed by atoms with E-state index in [1.165, 1.54) is 17.0 Å². The Morgan fingerprint density at radius 1 is 0.897 bits per heavy atom. The van der Waals surface area contributed by atoms with Gasteiger partial charge in [-0.15, -0.1) is 0 Å². The lowest BCUT2D eigenvalue weighted by molar-refractivity contribution is -0.120. The summed E-state index contributed by atoms with van der Waals surface area (Å²) in [5, 5.41) is 0.524. The first-order valence-electron chi connectivity index (χ1n) is 9.61. The lowest BCUT2D eigenvalue weighted by Crippen LogP contribution is -2.47. The Morgan fingerprint density at radius 3 is 2.10 bits per heavy atom. The molecule has 2 heterocycles. The summed E-state index contributed by atoms with van der Waals surface area (Å²) in [6.07, 6.45) is 0. The Morgan fingerprint density at radius 2 is 1.52 bits per heavy atom. The molecule has 2 aromatic rings. The summed E-state index contributed by atoms with van der Waals surface area (Å²) >= 11 is 5.96. The van der Waals surface area contributed by atoms with Gasteiger partial charge in [-0.3, -0.25) is 9.59 Å². The van der Waals surface area contributed by atoms with Crippen LogP contribution in [0.15, 0.2) is 54.2 Å². The molecular weight excluding hydrogens is 393 g/mol. The van der Waals surface area contributed by atoms with Crippen molar-refractivity contribution in [2.75, 3.05) is 37.6 Å². The van der Waals surface area contributed by atoms with Crippen molar-refractivity contribution < 1.29 is 14.0 Å². The Kier molecular flexibility index (Phi) is 5.39. The molecule has 0 bridgehead atoms. The number of hydrogen-bond donors (Lipinski definition) is 0. The first kappa shape index (κ1) is 19.6. The average Bonchev–Trinajstić information content (AvgIpc) is 3.00. The van der Waals surface area contributed by atoms with Crippen LogP contribution in [0.4, 0.5) is 10.1 Å². The van der Waals surface area contributed by atoms with Crippen LogP contribution in [0.5, 0.6) is 0 Å². The predicted molar refractivity (Wildman–Crippen MR) is 111 cm³/mol. The lowest BCUT2D eigenvalue weighted by atomic mass is 10.0. The minimum atomic E-state index is -0.406. The van der Waals surface area contributed by atoms with Crippen LogP contribution in [0.25, 0.3) is 5.57 Å². The van der Waals surface area contributed by atoms with Crippen molar-refractivity contribution >= 4 is 34.7 Å². The number of halogens is 2. The van der Waals surface area contributed by atoms with Gasteiger partial charge in [0, 0.05) is 31.2 Å². The van der Waals surface area contributed by atoms with Crippen LogP contribution in [0.2, 0.25) is 5.02 Å². The SMILES string of the molecule is CCN1CCN(C2=C(c3ccc(F)cc3)C(=O)N(c3ccc(Cl)cc3)C2=O)CC1. The summed E-state index contributed by atoms with van der Waals surface area (Å²) in [6.45, 7) is 5.99. The fourth-order valence-electron chi connectivity index (χ4n) is 3.80. The topological polar surface area (TPSA) is 43.9 Å². The number of carbonyl (C=O) groups excluding carboxylic acids is 2. The first-order chi connectivity index (χ1) is 14.0. The molecule has 0 spiro atoms. The number of nitrogens with zero attached hydrogens (tertiary/aromatic N) is 3. The van der Waals surface area contributed by atoms with E-state index in [9.17, 15) is 14.0 Å². The van der Waals surface area contributed by atoms with Crippen molar-refractivity contribution in [3.8, 4) is 0 Å². The molecule has 1 fully saturated rings. The molecule has 2 aliphatic rings. The zero-order valence-corrected chi connectivity index (χ0v) is 16.8. The number of hydrogen-bond acceptors (Lipinski definition) is 4. The minimum Gasteiger partial charge on any atom is -0.364 e. The van der Waals surface area contributed by atoms with Crippen LogP contribution in [0, 0.1) is 5.82 Å². The summed E-state index contributed by atoms with van der Waals surface area (Å²) in [4.78, 5) is 32.2. The summed E-state index contributed by atoms with van der Waals surface area (Å²) in [6, 6.07) is 12.3. The highest BCUT2D eigenvalue weighted by Gasteiger charge is 2.42. The molecule has 2 aromatic carbocycles. The molecular formula is C22H21ClFN3O2. The third-order valence-corrected chi connectivity index (χ3v) is 5.66. The fraction of sp³-hybridized carbons (Fsp3) is 0.273. The highest BCUT2D eigenvalue weighted by atomic mass is 35.5. The molecule has 0 aliphatic carbocycles. The molecule has 4 rings (SSSR count). The van der Waals surface area contributed by atoms with E-state index in [4.69, 9.17) is 11.6 Å². The Labute approximate surface area is 174 Å². The summed E-state index contributed by atoms with van der Waals surface area (Å²) in [5.74, 6) is -1.16. The van der Waals surface area contributed by atoms with Gasteiger partial charge in [0.05, 0.1) is 11.3 Å². The second-order valence-electron chi connectivity index (χ2n) is 7.07. The van der Waals surface area contributed by atoms with Gasteiger partial charge in [-0.25, -0.2) is 9.29 Å².